The molecule has 84 valence electrons. The Bertz CT molecular complexity index is 294. The first kappa shape index (κ1) is 12.3. The van der Waals surface area contributed by atoms with Crippen LogP contribution in [0, 0.1) is 0 Å². The molecule has 1 atom stereocenters. The first-order chi connectivity index (χ1) is 7.24. The van der Waals surface area contributed by atoms with E-state index in [1.54, 1.807) is 30.2 Å². The van der Waals surface area contributed by atoms with E-state index in [2.05, 4.69) is 11.2 Å². The maximum atomic E-state index is 9.76. The van der Waals surface area contributed by atoms with Crippen LogP contribution in [0.25, 0.3) is 0 Å². The van der Waals surface area contributed by atoms with Crippen molar-refractivity contribution in [3.05, 3.63) is 24.0 Å². The molecule has 0 saturated carbocycles. The molecule has 0 radical (unpaired) electrons. The molecule has 0 aliphatic heterocycles. The van der Waals surface area contributed by atoms with Crippen molar-refractivity contribution >= 4 is 17.4 Å². The van der Waals surface area contributed by atoms with Crippen LogP contribution in [0.1, 0.15) is 18.4 Å². The van der Waals surface area contributed by atoms with Crippen LogP contribution in [0.3, 0.4) is 0 Å². The van der Waals surface area contributed by atoms with Crippen LogP contribution in [0.15, 0.2) is 18.5 Å². The lowest BCUT2D eigenvalue weighted by atomic mass is 10.1. The molecule has 4 heteroatoms. The molecule has 0 fully saturated rings. The second kappa shape index (κ2) is 6.69. The minimum Gasteiger partial charge on any atom is -0.398 e. The fourth-order valence-electron chi connectivity index (χ4n) is 1.43. The number of thioether (sulfide) groups is 1. The monoisotopic (exact) mass is 226 g/mol. The van der Waals surface area contributed by atoms with Gasteiger partial charge in [-0.15, -0.1) is 0 Å². The second-order valence-electron chi connectivity index (χ2n) is 3.57. The van der Waals surface area contributed by atoms with Gasteiger partial charge in [-0.05, 0) is 36.5 Å². The van der Waals surface area contributed by atoms with Gasteiger partial charge in [0.05, 0.1) is 6.10 Å². The van der Waals surface area contributed by atoms with Crippen molar-refractivity contribution in [1.82, 2.24) is 4.98 Å². The number of rotatable bonds is 6. The van der Waals surface area contributed by atoms with Crippen LogP contribution in [0.2, 0.25) is 0 Å². The average Bonchev–Trinajstić information content (AvgIpc) is 2.22. The van der Waals surface area contributed by atoms with E-state index in [1.807, 2.05) is 0 Å². The number of hydrogen-bond donors (Lipinski definition) is 2. The summed E-state index contributed by atoms with van der Waals surface area (Å²) in [4.78, 5) is 4.00. The number of nitrogens with zero attached hydrogens (tertiary/aromatic N) is 1. The van der Waals surface area contributed by atoms with Crippen LogP contribution in [0.5, 0.6) is 0 Å². The fraction of sp³-hybridized carbons (Fsp3) is 0.545. The molecular formula is C11H18N2OS. The molecule has 0 spiro atoms. The predicted octanol–water partition coefficient (Wildman–Crippen LogP) is 1.71. The van der Waals surface area contributed by atoms with Crippen LogP contribution >= 0.6 is 11.8 Å². The van der Waals surface area contributed by atoms with Gasteiger partial charge in [0, 0.05) is 24.5 Å². The number of anilines is 1. The van der Waals surface area contributed by atoms with E-state index >= 15 is 0 Å². The number of pyridine rings is 1. The van der Waals surface area contributed by atoms with Gasteiger partial charge in [-0.3, -0.25) is 4.98 Å². The van der Waals surface area contributed by atoms with Crippen molar-refractivity contribution in [2.24, 2.45) is 0 Å². The van der Waals surface area contributed by atoms with Gasteiger partial charge in [0.2, 0.25) is 0 Å². The summed E-state index contributed by atoms with van der Waals surface area (Å²) in [5.74, 6) is 1.10. The third-order valence-corrected chi connectivity index (χ3v) is 2.98. The molecule has 0 aromatic carbocycles. The topological polar surface area (TPSA) is 59.1 Å². The van der Waals surface area contributed by atoms with E-state index < -0.39 is 0 Å². The maximum Gasteiger partial charge on any atom is 0.0582 e. The highest BCUT2D eigenvalue weighted by molar-refractivity contribution is 7.98. The number of nitrogen functional groups attached to an aromatic ring is 1. The van der Waals surface area contributed by atoms with Gasteiger partial charge in [-0.25, -0.2) is 0 Å². The molecule has 1 heterocycles. The first-order valence-corrected chi connectivity index (χ1v) is 6.48. The lowest BCUT2D eigenvalue weighted by molar-refractivity contribution is 0.164. The van der Waals surface area contributed by atoms with Crippen molar-refractivity contribution in [1.29, 1.82) is 0 Å². The molecular weight excluding hydrogens is 208 g/mol. The van der Waals surface area contributed by atoms with Gasteiger partial charge < -0.3 is 10.8 Å². The normalized spacial score (nSPS) is 12.7. The SMILES string of the molecule is CSCCCC(O)Cc1cnccc1N. The van der Waals surface area contributed by atoms with Gasteiger partial charge in [0.15, 0.2) is 0 Å². The Hall–Kier alpha value is -0.740. The Morgan fingerprint density at radius 2 is 2.40 bits per heavy atom. The molecule has 0 aliphatic carbocycles. The Morgan fingerprint density at radius 1 is 1.60 bits per heavy atom. The molecule has 0 aliphatic rings. The molecule has 0 saturated heterocycles. The number of nitrogens with two attached hydrogens (primary N) is 1. The summed E-state index contributed by atoms with van der Waals surface area (Å²) in [6.07, 6.45) is 7.65. The molecule has 1 rings (SSSR count). The summed E-state index contributed by atoms with van der Waals surface area (Å²) in [5, 5.41) is 9.76. The van der Waals surface area contributed by atoms with Crippen molar-refractivity contribution in [2.45, 2.75) is 25.4 Å². The minimum atomic E-state index is -0.302. The molecule has 15 heavy (non-hydrogen) atoms. The van der Waals surface area contributed by atoms with E-state index in [0.717, 1.165) is 24.2 Å². The summed E-state index contributed by atoms with van der Waals surface area (Å²) in [5.41, 5.74) is 7.42. The number of hydrogen-bond acceptors (Lipinski definition) is 4. The van der Waals surface area contributed by atoms with Crippen molar-refractivity contribution in [2.75, 3.05) is 17.7 Å². The fourth-order valence-corrected chi connectivity index (χ4v) is 1.88. The minimum absolute atomic E-state index is 0.302. The van der Waals surface area contributed by atoms with Crippen molar-refractivity contribution in [3.63, 3.8) is 0 Å². The predicted molar refractivity (Wildman–Crippen MR) is 66.0 cm³/mol. The Balaban J connectivity index is 2.37. The van der Waals surface area contributed by atoms with Gasteiger partial charge >= 0.3 is 0 Å². The van der Waals surface area contributed by atoms with E-state index in [0.29, 0.717) is 12.1 Å². The molecule has 1 unspecified atom stereocenters. The average molecular weight is 226 g/mol. The Kier molecular flexibility index (Phi) is 5.50. The van der Waals surface area contributed by atoms with Gasteiger partial charge in [-0.2, -0.15) is 11.8 Å². The smallest absolute Gasteiger partial charge is 0.0582 e. The molecule has 0 bridgehead atoms. The lowest BCUT2D eigenvalue weighted by Gasteiger charge is -2.11. The first-order valence-electron chi connectivity index (χ1n) is 5.09. The van der Waals surface area contributed by atoms with E-state index in [1.165, 1.54) is 0 Å². The highest BCUT2D eigenvalue weighted by Gasteiger charge is 2.07. The summed E-state index contributed by atoms with van der Waals surface area (Å²) >= 11 is 1.80. The number of aromatic nitrogens is 1. The van der Waals surface area contributed by atoms with Gasteiger partial charge in [0.25, 0.3) is 0 Å². The van der Waals surface area contributed by atoms with Crippen LogP contribution < -0.4 is 5.73 Å². The zero-order valence-corrected chi connectivity index (χ0v) is 9.83. The Labute approximate surface area is 95.1 Å². The quantitative estimate of drug-likeness (QED) is 0.725. The van der Waals surface area contributed by atoms with Gasteiger partial charge in [-0.1, -0.05) is 0 Å². The van der Waals surface area contributed by atoms with E-state index in [-0.39, 0.29) is 6.10 Å². The Morgan fingerprint density at radius 3 is 3.07 bits per heavy atom. The standard InChI is InChI=1S/C11H18N2OS/c1-15-6-2-3-10(14)7-9-8-13-5-4-11(9)12/h4-5,8,10,14H,2-3,6-7H2,1H3,(H2,12,13). The molecule has 1 aromatic heterocycles. The molecule has 0 amide bonds. The summed E-state index contributed by atoms with van der Waals surface area (Å²) < 4.78 is 0. The molecule has 3 N–H and O–H groups in total. The van der Waals surface area contributed by atoms with Crippen molar-refractivity contribution in [3.8, 4) is 0 Å². The maximum absolute atomic E-state index is 9.76. The van der Waals surface area contributed by atoms with Crippen molar-refractivity contribution < 1.29 is 5.11 Å². The number of aliphatic hydroxyl groups excluding tert-OH is 1. The third kappa shape index (κ3) is 4.53. The van der Waals surface area contributed by atoms with E-state index in [4.69, 9.17) is 5.73 Å². The lowest BCUT2D eigenvalue weighted by Crippen LogP contribution is -2.12. The van der Waals surface area contributed by atoms with Gasteiger partial charge in [0.1, 0.15) is 0 Å². The highest BCUT2D eigenvalue weighted by atomic mass is 32.2. The summed E-state index contributed by atoms with van der Waals surface area (Å²) in [6.45, 7) is 0. The third-order valence-electron chi connectivity index (χ3n) is 2.28. The van der Waals surface area contributed by atoms with Crippen LogP contribution in [-0.2, 0) is 6.42 Å². The molecule has 3 nitrogen and oxygen atoms in total. The highest BCUT2D eigenvalue weighted by Crippen LogP contribution is 2.14. The van der Waals surface area contributed by atoms with E-state index in [9.17, 15) is 5.11 Å². The number of aliphatic hydroxyl groups is 1. The van der Waals surface area contributed by atoms with Crippen LogP contribution in [0.4, 0.5) is 5.69 Å². The largest absolute Gasteiger partial charge is 0.398 e. The molecule has 1 aromatic rings. The van der Waals surface area contributed by atoms with Crippen LogP contribution in [-0.4, -0.2) is 28.2 Å². The summed E-state index contributed by atoms with van der Waals surface area (Å²) in [6, 6.07) is 1.77. The zero-order chi connectivity index (χ0) is 11.1. The second-order valence-corrected chi connectivity index (χ2v) is 4.55. The zero-order valence-electron chi connectivity index (χ0n) is 9.02. The summed E-state index contributed by atoms with van der Waals surface area (Å²) in [7, 11) is 0.